The molecule has 0 spiro atoms. The van der Waals surface area contributed by atoms with Gasteiger partial charge in [-0.3, -0.25) is 4.79 Å². The van der Waals surface area contributed by atoms with Gasteiger partial charge in [0.25, 0.3) is 0 Å². The van der Waals surface area contributed by atoms with Crippen LogP contribution in [0.2, 0.25) is 0 Å². The molecule has 3 nitrogen and oxygen atoms in total. The second kappa shape index (κ2) is 4.27. The Morgan fingerprint density at radius 3 is 2.18 bits per heavy atom. The molecule has 0 unspecified atom stereocenters. The quantitative estimate of drug-likeness (QED) is 0.811. The van der Waals surface area contributed by atoms with Gasteiger partial charge >= 0.3 is 0 Å². The summed E-state index contributed by atoms with van der Waals surface area (Å²) in [6.45, 7) is 12.7. The lowest BCUT2D eigenvalue weighted by molar-refractivity contribution is -0.129. The average molecular weight is 238 g/mol. The summed E-state index contributed by atoms with van der Waals surface area (Å²) in [4.78, 5) is 13.8. The van der Waals surface area contributed by atoms with Crippen LogP contribution in [0.3, 0.4) is 0 Å². The summed E-state index contributed by atoms with van der Waals surface area (Å²) in [6, 6.07) is 0. The van der Waals surface area contributed by atoms with Crippen LogP contribution >= 0.6 is 0 Å². The van der Waals surface area contributed by atoms with E-state index in [0.29, 0.717) is 23.3 Å². The Bertz CT molecular complexity index is 289. The Balaban J connectivity index is 1.69. The molecule has 0 aromatic rings. The number of carbonyl (C=O) groups is 1. The summed E-state index contributed by atoms with van der Waals surface area (Å²) in [5.41, 5.74) is 0.827. The number of nitrogens with one attached hydrogen (secondary N) is 1. The monoisotopic (exact) mass is 238 g/mol. The van der Waals surface area contributed by atoms with Gasteiger partial charge in [0.15, 0.2) is 0 Å². The van der Waals surface area contributed by atoms with Gasteiger partial charge in [0, 0.05) is 13.1 Å². The summed E-state index contributed by atoms with van der Waals surface area (Å²) < 4.78 is 0. The lowest BCUT2D eigenvalue weighted by Crippen LogP contribution is -2.37. The van der Waals surface area contributed by atoms with Gasteiger partial charge in [0.05, 0.1) is 6.54 Å². The molecule has 2 fully saturated rings. The van der Waals surface area contributed by atoms with Gasteiger partial charge in [-0.15, -0.1) is 0 Å². The lowest BCUT2D eigenvalue weighted by Gasteiger charge is -2.15. The fourth-order valence-corrected chi connectivity index (χ4v) is 3.25. The summed E-state index contributed by atoms with van der Waals surface area (Å²) in [7, 11) is 0. The molecule has 0 bridgehead atoms. The number of rotatable bonds is 4. The van der Waals surface area contributed by atoms with Crippen LogP contribution in [0.4, 0.5) is 0 Å². The zero-order valence-electron chi connectivity index (χ0n) is 11.7. The zero-order valence-corrected chi connectivity index (χ0v) is 11.7. The Hall–Kier alpha value is -0.570. The standard InChI is InChI=1S/C14H26N2O/c1-13(2)11(14(13,3)4)9-15-10-12(17)16-7-5-6-8-16/h11,15H,5-10H2,1-4H3. The smallest absolute Gasteiger partial charge is 0.236 e. The second-order valence-corrected chi connectivity index (χ2v) is 6.71. The third kappa shape index (κ3) is 2.22. The maximum absolute atomic E-state index is 11.8. The predicted octanol–water partition coefficient (Wildman–Crippen LogP) is 1.88. The highest BCUT2D eigenvalue weighted by atomic mass is 16.2. The van der Waals surface area contributed by atoms with Crippen molar-refractivity contribution in [1.82, 2.24) is 10.2 Å². The minimum absolute atomic E-state index is 0.277. The molecule has 1 amide bonds. The van der Waals surface area contributed by atoms with Crippen LogP contribution in [0, 0.1) is 16.7 Å². The first-order chi connectivity index (χ1) is 7.87. The number of amides is 1. The Kier molecular flexibility index (Phi) is 3.23. The molecule has 3 heteroatoms. The first kappa shape index (κ1) is 12.9. The van der Waals surface area contributed by atoms with E-state index < -0.39 is 0 Å². The van der Waals surface area contributed by atoms with E-state index in [1.807, 2.05) is 4.90 Å². The number of carbonyl (C=O) groups excluding carboxylic acids is 1. The Labute approximate surface area is 105 Å². The van der Waals surface area contributed by atoms with Crippen LogP contribution in [-0.4, -0.2) is 37.0 Å². The number of hydrogen-bond acceptors (Lipinski definition) is 2. The number of likely N-dealkylation sites (tertiary alicyclic amines) is 1. The second-order valence-electron chi connectivity index (χ2n) is 6.71. The Morgan fingerprint density at radius 1 is 1.18 bits per heavy atom. The van der Waals surface area contributed by atoms with Crippen molar-refractivity contribution in [1.29, 1.82) is 0 Å². The van der Waals surface area contributed by atoms with E-state index in [0.717, 1.165) is 19.6 Å². The van der Waals surface area contributed by atoms with Crippen molar-refractivity contribution in [2.24, 2.45) is 16.7 Å². The van der Waals surface area contributed by atoms with E-state index in [-0.39, 0.29) is 5.91 Å². The maximum atomic E-state index is 11.8. The van der Waals surface area contributed by atoms with Gasteiger partial charge in [-0.25, -0.2) is 0 Å². The minimum atomic E-state index is 0.277. The van der Waals surface area contributed by atoms with E-state index in [4.69, 9.17) is 0 Å². The minimum Gasteiger partial charge on any atom is -0.342 e. The molecule has 1 saturated carbocycles. The normalized spacial score (nSPS) is 26.2. The third-order valence-corrected chi connectivity index (χ3v) is 5.40. The van der Waals surface area contributed by atoms with Gasteiger partial charge in [0.1, 0.15) is 0 Å². The lowest BCUT2D eigenvalue weighted by atomic mass is 10.0. The molecular weight excluding hydrogens is 212 g/mol. The van der Waals surface area contributed by atoms with Gasteiger partial charge in [-0.05, 0) is 36.1 Å². The van der Waals surface area contributed by atoms with Crippen LogP contribution in [0.1, 0.15) is 40.5 Å². The van der Waals surface area contributed by atoms with E-state index in [1.165, 1.54) is 12.8 Å². The topological polar surface area (TPSA) is 32.3 Å². The summed E-state index contributed by atoms with van der Waals surface area (Å²) in [6.07, 6.45) is 2.35. The highest BCUT2D eigenvalue weighted by molar-refractivity contribution is 5.78. The fourth-order valence-electron chi connectivity index (χ4n) is 3.25. The molecule has 1 saturated heterocycles. The van der Waals surface area contributed by atoms with Crippen LogP contribution in [-0.2, 0) is 4.79 Å². The summed E-state index contributed by atoms with van der Waals surface area (Å²) >= 11 is 0. The van der Waals surface area contributed by atoms with Crippen LogP contribution in [0.25, 0.3) is 0 Å². The summed E-state index contributed by atoms with van der Waals surface area (Å²) in [5.74, 6) is 0.972. The molecule has 2 aliphatic rings. The molecule has 17 heavy (non-hydrogen) atoms. The molecule has 0 aromatic carbocycles. The van der Waals surface area contributed by atoms with Crippen LogP contribution in [0.5, 0.6) is 0 Å². The third-order valence-electron chi connectivity index (χ3n) is 5.40. The number of nitrogens with zero attached hydrogens (tertiary/aromatic N) is 1. The molecule has 1 aliphatic heterocycles. The van der Waals surface area contributed by atoms with Crippen molar-refractivity contribution in [2.75, 3.05) is 26.2 Å². The van der Waals surface area contributed by atoms with Crippen molar-refractivity contribution in [3.8, 4) is 0 Å². The molecule has 2 rings (SSSR count). The van der Waals surface area contributed by atoms with Crippen LogP contribution < -0.4 is 5.32 Å². The molecule has 1 aliphatic carbocycles. The fraction of sp³-hybridized carbons (Fsp3) is 0.929. The van der Waals surface area contributed by atoms with E-state index >= 15 is 0 Å². The molecule has 0 atom stereocenters. The van der Waals surface area contributed by atoms with Crippen molar-refractivity contribution in [2.45, 2.75) is 40.5 Å². The van der Waals surface area contributed by atoms with Crippen LogP contribution in [0.15, 0.2) is 0 Å². The van der Waals surface area contributed by atoms with Crippen molar-refractivity contribution in [3.05, 3.63) is 0 Å². The van der Waals surface area contributed by atoms with Gasteiger partial charge < -0.3 is 10.2 Å². The average Bonchev–Trinajstić information content (AvgIpc) is 2.69. The molecule has 0 aromatic heterocycles. The largest absolute Gasteiger partial charge is 0.342 e. The summed E-state index contributed by atoms with van der Waals surface area (Å²) in [5, 5.41) is 3.34. The first-order valence-electron chi connectivity index (χ1n) is 6.86. The molecular formula is C14H26N2O. The van der Waals surface area contributed by atoms with Crippen molar-refractivity contribution < 1.29 is 4.79 Å². The van der Waals surface area contributed by atoms with Gasteiger partial charge in [-0.2, -0.15) is 0 Å². The Morgan fingerprint density at radius 2 is 1.71 bits per heavy atom. The first-order valence-corrected chi connectivity index (χ1v) is 6.86. The van der Waals surface area contributed by atoms with E-state index in [9.17, 15) is 4.79 Å². The SMILES string of the molecule is CC1(C)C(CNCC(=O)N2CCCC2)C1(C)C. The zero-order chi connectivity index (χ0) is 12.7. The van der Waals surface area contributed by atoms with Crippen molar-refractivity contribution >= 4 is 5.91 Å². The molecule has 98 valence electrons. The molecule has 0 radical (unpaired) electrons. The molecule has 1 heterocycles. The highest BCUT2D eigenvalue weighted by Gasteiger charge is 2.63. The highest BCUT2D eigenvalue weighted by Crippen LogP contribution is 2.67. The van der Waals surface area contributed by atoms with Gasteiger partial charge in [0.2, 0.25) is 5.91 Å². The predicted molar refractivity (Wildman–Crippen MR) is 69.7 cm³/mol. The van der Waals surface area contributed by atoms with E-state index in [1.54, 1.807) is 0 Å². The van der Waals surface area contributed by atoms with E-state index in [2.05, 4.69) is 33.0 Å². The number of hydrogen-bond donors (Lipinski definition) is 1. The van der Waals surface area contributed by atoms with Gasteiger partial charge in [-0.1, -0.05) is 27.7 Å². The molecule has 1 N–H and O–H groups in total. The van der Waals surface area contributed by atoms with Crippen molar-refractivity contribution in [3.63, 3.8) is 0 Å². The maximum Gasteiger partial charge on any atom is 0.236 e.